The summed E-state index contributed by atoms with van der Waals surface area (Å²) in [7, 11) is 0. The minimum Gasteiger partial charge on any atom is -0.490 e. The van der Waals surface area contributed by atoms with E-state index in [9.17, 15) is 0 Å². The number of aryl methyl sites for hydroxylation is 2. The van der Waals surface area contributed by atoms with Crippen molar-refractivity contribution in [2.45, 2.75) is 40.3 Å². The van der Waals surface area contributed by atoms with Gasteiger partial charge in [-0.3, -0.25) is 5.10 Å². The highest BCUT2D eigenvalue weighted by molar-refractivity contribution is 5.68. The lowest BCUT2D eigenvalue weighted by atomic mass is 10.0. The van der Waals surface area contributed by atoms with Gasteiger partial charge in [0, 0.05) is 36.3 Å². The standard InChI is InChI=1S/C23H27N3O2/c1-4-27-22-12-17(23-19-13-24-10-9-20(19)25-26-23)7-8-21(22)28-14-18-11-15(2)5-6-16(18)3/h5-8,11-12,24H,4,9-10,13-14H2,1-3H3,(H,25,26). The fourth-order valence-electron chi connectivity index (χ4n) is 3.62. The largest absolute Gasteiger partial charge is 0.490 e. The van der Waals surface area contributed by atoms with E-state index in [1.807, 2.05) is 19.1 Å². The van der Waals surface area contributed by atoms with Gasteiger partial charge in [0.2, 0.25) is 0 Å². The van der Waals surface area contributed by atoms with Gasteiger partial charge in [0.25, 0.3) is 0 Å². The summed E-state index contributed by atoms with van der Waals surface area (Å²) in [5.41, 5.74) is 8.17. The summed E-state index contributed by atoms with van der Waals surface area (Å²) < 4.78 is 12.0. The number of aromatic nitrogens is 2. The Morgan fingerprint density at radius 2 is 1.93 bits per heavy atom. The molecule has 5 heteroatoms. The number of nitrogens with one attached hydrogen (secondary N) is 2. The zero-order valence-electron chi connectivity index (χ0n) is 16.8. The third kappa shape index (κ3) is 3.76. The maximum atomic E-state index is 6.13. The molecule has 28 heavy (non-hydrogen) atoms. The van der Waals surface area contributed by atoms with Crippen LogP contribution in [0.5, 0.6) is 11.5 Å². The molecule has 4 rings (SSSR count). The van der Waals surface area contributed by atoms with Crippen LogP contribution in [0.4, 0.5) is 0 Å². The van der Waals surface area contributed by atoms with Crippen LogP contribution in [-0.2, 0) is 19.6 Å². The summed E-state index contributed by atoms with van der Waals surface area (Å²) in [5.74, 6) is 1.51. The Morgan fingerprint density at radius 1 is 1.04 bits per heavy atom. The second kappa shape index (κ2) is 8.07. The molecule has 1 aliphatic rings. The fraction of sp³-hybridized carbons (Fsp3) is 0.348. The lowest BCUT2D eigenvalue weighted by Crippen LogP contribution is -2.23. The van der Waals surface area contributed by atoms with Gasteiger partial charge in [0.15, 0.2) is 11.5 Å². The molecule has 0 amide bonds. The van der Waals surface area contributed by atoms with E-state index in [-0.39, 0.29) is 0 Å². The van der Waals surface area contributed by atoms with E-state index in [4.69, 9.17) is 9.47 Å². The Labute approximate surface area is 166 Å². The van der Waals surface area contributed by atoms with Crippen LogP contribution in [-0.4, -0.2) is 23.3 Å². The zero-order valence-corrected chi connectivity index (χ0v) is 16.8. The molecule has 0 atom stereocenters. The molecule has 0 radical (unpaired) electrons. The van der Waals surface area contributed by atoms with Crippen molar-refractivity contribution in [1.82, 2.24) is 15.5 Å². The Hall–Kier alpha value is -2.79. The molecule has 3 aromatic rings. The first-order chi connectivity index (χ1) is 13.7. The van der Waals surface area contributed by atoms with Crippen LogP contribution < -0.4 is 14.8 Å². The number of H-pyrrole nitrogens is 1. The number of benzene rings is 2. The summed E-state index contributed by atoms with van der Waals surface area (Å²) in [6.45, 7) is 9.14. The second-order valence-corrected chi connectivity index (χ2v) is 7.27. The number of fused-ring (bicyclic) bond motifs is 1. The molecule has 0 bridgehead atoms. The van der Waals surface area contributed by atoms with E-state index in [0.29, 0.717) is 13.2 Å². The van der Waals surface area contributed by atoms with Crippen molar-refractivity contribution in [2.75, 3.05) is 13.2 Å². The normalized spacial score (nSPS) is 13.2. The van der Waals surface area contributed by atoms with Gasteiger partial charge in [-0.05, 0) is 50.1 Å². The molecule has 2 aromatic carbocycles. The first-order valence-corrected chi connectivity index (χ1v) is 9.88. The van der Waals surface area contributed by atoms with Gasteiger partial charge in [-0.2, -0.15) is 5.10 Å². The molecule has 1 aromatic heterocycles. The maximum absolute atomic E-state index is 6.13. The molecule has 5 nitrogen and oxygen atoms in total. The van der Waals surface area contributed by atoms with Gasteiger partial charge >= 0.3 is 0 Å². The van der Waals surface area contributed by atoms with Crippen molar-refractivity contribution in [2.24, 2.45) is 0 Å². The number of nitrogens with zero attached hydrogens (tertiary/aromatic N) is 1. The van der Waals surface area contributed by atoms with Crippen LogP contribution in [0.15, 0.2) is 36.4 Å². The van der Waals surface area contributed by atoms with Crippen molar-refractivity contribution >= 4 is 0 Å². The summed E-state index contributed by atoms with van der Waals surface area (Å²) in [6.07, 6.45) is 0.984. The van der Waals surface area contributed by atoms with Crippen molar-refractivity contribution in [1.29, 1.82) is 0 Å². The zero-order chi connectivity index (χ0) is 19.5. The van der Waals surface area contributed by atoms with E-state index in [1.54, 1.807) is 0 Å². The molecular formula is C23H27N3O2. The summed E-state index contributed by atoms with van der Waals surface area (Å²) in [4.78, 5) is 0. The van der Waals surface area contributed by atoms with E-state index in [1.165, 1.54) is 27.9 Å². The Morgan fingerprint density at radius 3 is 2.79 bits per heavy atom. The molecule has 0 aliphatic carbocycles. The third-order valence-corrected chi connectivity index (χ3v) is 5.21. The topological polar surface area (TPSA) is 59.2 Å². The van der Waals surface area contributed by atoms with Gasteiger partial charge in [0.1, 0.15) is 6.61 Å². The van der Waals surface area contributed by atoms with Crippen LogP contribution in [0, 0.1) is 13.8 Å². The van der Waals surface area contributed by atoms with Crippen LogP contribution in [0.3, 0.4) is 0 Å². The quantitative estimate of drug-likeness (QED) is 0.672. The van der Waals surface area contributed by atoms with Crippen LogP contribution >= 0.6 is 0 Å². The minimum atomic E-state index is 0.522. The highest BCUT2D eigenvalue weighted by Gasteiger charge is 2.19. The van der Waals surface area contributed by atoms with Crippen molar-refractivity contribution in [3.05, 3.63) is 64.3 Å². The van der Waals surface area contributed by atoms with Crippen LogP contribution in [0.2, 0.25) is 0 Å². The minimum absolute atomic E-state index is 0.522. The van der Waals surface area contributed by atoms with E-state index in [0.717, 1.165) is 42.3 Å². The Kier molecular flexibility index (Phi) is 5.35. The molecule has 2 N–H and O–H groups in total. The second-order valence-electron chi connectivity index (χ2n) is 7.27. The van der Waals surface area contributed by atoms with Gasteiger partial charge < -0.3 is 14.8 Å². The predicted octanol–water partition coefficient (Wildman–Crippen LogP) is 4.32. The molecule has 2 heterocycles. The van der Waals surface area contributed by atoms with Gasteiger partial charge in [-0.1, -0.05) is 23.8 Å². The highest BCUT2D eigenvalue weighted by Crippen LogP contribution is 2.35. The molecule has 0 unspecified atom stereocenters. The van der Waals surface area contributed by atoms with Crippen LogP contribution in [0.1, 0.15) is 34.9 Å². The molecule has 146 valence electrons. The Bertz CT molecular complexity index is 978. The van der Waals surface area contributed by atoms with Gasteiger partial charge in [0.05, 0.1) is 12.3 Å². The average molecular weight is 377 g/mol. The van der Waals surface area contributed by atoms with Gasteiger partial charge in [-0.15, -0.1) is 0 Å². The van der Waals surface area contributed by atoms with Crippen molar-refractivity contribution in [3.63, 3.8) is 0 Å². The lowest BCUT2D eigenvalue weighted by molar-refractivity contribution is 0.269. The number of rotatable bonds is 6. The first-order valence-electron chi connectivity index (χ1n) is 9.88. The molecule has 0 saturated carbocycles. The van der Waals surface area contributed by atoms with Crippen LogP contribution in [0.25, 0.3) is 11.3 Å². The number of hydrogen-bond acceptors (Lipinski definition) is 4. The Balaban J connectivity index is 1.60. The van der Waals surface area contributed by atoms with E-state index >= 15 is 0 Å². The monoisotopic (exact) mass is 377 g/mol. The van der Waals surface area contributed by atoms with Crippen molar-refractivity contribution in [3.8, 4) is 22.8 Å². The third-order valence-electron chi connectivity index (χ3n) is 5.21. The average Bonchev–Trinajstić information content (AvgIpc) is 3.14. The molecule has 1 aliphatic heterocycles. The first kappa shape index (κ1) is 18.6. The van der Waals surface area contributed by atoms with E-state index in [2.05, 4.69) is 53.6 Å². The van der Waals surface area contributed by atoms with Gasteiger partial charge in [-0.25, -0.2) is 0 Å². The fourth-order valence-corrected chi connectivity index (χ4v) is 3.62. The number of ether oxygens (including phenoxy) is 2. The maximum Gasteiger partial charge on any atom is 0.161 e. The summed E-state index contributed by atoms with van der Waals surface area (Å²) >= 11 is 0. The van der Waals surface area contributed by atoms with Crippen molar-refractivity contribution < 1.29 is 9.47 Å². The molecular weight excluding hydrogens is 350 g/mol. The predicted molar refractivity (Wildman–Crippen MR) is 111 cm³/mol. The number of aromatic amines is 1. The molecule has 0 saturated heterocycles. The highest BCUT2D eigenvalue weighted by atomic mass is 16.5. The molecule has 0 fully saturated rings. The lowest BCUT2D eigenvalue weighted by Gasteiger charge is -2.16. The number of hydrogen-bond donors (Lipinski definition) is 2. The summed E-state index contributed by atoms with van der Waals surface area (Å²) in [5, 5.41) is 11.2. The summed E-state index contributed by atoms with van der Waals surface area (Å²) in [6, 6.07) is 12.5. The molecule has 0 spiro atoms. The SMILES string of the molecule is CCOc1cc(-c2n[nH]c3c2CNCC3)ccc1OCc1cc(C)ccc1C. The van der Waals surface area contributed by atoms with E-state index < -0.39 is 0 Å². The smallest absolute Gasteiger partial charge is 0.161 e.